The summed E-state index contributed by atoms with van der Waals surface area (Å²) in [7, 11) is 1.59. The molecule has 3 rings (SSSR count). The van der Waals surface area contributed by atoms with Gasteiger partial charge < -0.3 is 9.64 Å². The molecular formula is C29H39N3O3. The van der Waals surface area contributed by atoms with Crippen molar-refractivity contribution in [1.29, 1.82) is 0 Å². The zero-order valence-electron chi connectivity index (χ0n) is 21.8. The summed E-state index contributed by atoms with van der Waals surface area (Å²) in [5, 5.41) is 0.536. The summed E-state index contributed by atoms with van der Waals surface area (Å²) >= 11 is 0. The highest BCUT2D eigenvalue weighted by molar-refractivity contribution is 5.79. The van der Waals surface area contributed by atoms with Gasteiger partial charge >= 0.3 is 0 Å². The molecule has 0 saturated heterocycles. The van der Waals surface area contributed by atoms with Crippen LogP contribution in [0, 0.1) is 5.92 Å². The van der Waals surface area contributed by atoms with Gasteiger partial charge in [0, 0.05) is 13.0 Å². The highest BCUT2D eigenvalue weighted by atomic mass is 16.5. The first-order chi connectivity index (χ1) is 16.9. The van der Waals surface area contributed by atoms with E-state index in [0.29, 0.717) is 47.0 Å². The lowest BCUT2D eigenvalue weighted by Crippen LogP contribution is -2.38. The van der Waals surface area contributed by atoms with Crippen molar-refractivity contribution >= 4 is 16.8 Å². The van der Waals surface area contributed by atoms with Gasteiger partial charge in [0.05, 0.1) is 29.7 Å². The number of methoxy groups -OCH3 is 1. The Bertz CT molecular complexity index is 1190. The van der Waals surface area contributed by atoms with E-state index in [0.717, 1.165) is 32.1 Å². The van der Waals surface area contributed by atoms with Gasteiger partial charge in [0.15, 0.2) is 0 Å². The summed E-state index contributed by atoms with van der Waals surface area (Å²) in [5.74, 6) is 1.70. The number of nitrogens with zero attached hydrogens (tertiary/aromatic N) is 3. The number of hydrogen-bond donors (Lipinski definition) is 0. The topological polar surface area (TPSA) is 64.4 Å². The molecule has 1 unspecified atom stereocenters. The van der Waals surface area contributed by atoms with E-state index in [-0.39, 0.29) is 17.5 Å². The predicted molar refractivity (Wildman–Crippen MR) is 142 cm³/mol. The molecule has 0 fully saturated rings. The molecule has 0 spiro atoms. The number of aromatic nitrogens is 2. The Morgan fingerprint density at radius 2 is 1.74 bits per heavy atom. The van der Waals surface area contributed by atoms with Crippen molar-refractivity contribution in [2.24, 2.45) is 5.92 Å². The first-order valence-corrected chi connectivity index (χ1v) is 12.8. The van der Waals surface area contributed by atoms with E-state index in [1.807, 2.05) is 54.3 Å². The van der Waals surface area contributed by atoms with Crippen molar-refractivity contribution in [2.75, 3.05) is 13.7 Å². The first-order valence-electron chi connectivity index (χ1n) is 12.8. The molecule has 2 aromatic carbocycles. The van der Waals surface area contributed by atoms with Crippen LogP contribution in [-0.2, 0) is 4.79 Å². The normalized spacial score (nSPS) is 12.2. The number of ether oxygens (including phenoxy) is 1. The Morgan fingerprint density at radius 3 is 2.46 bits per heavy atom. The van der Waals surface area contributed by atoms with Crippen LogP contribution in [-0.4, -0.2) is 34.0 Å². The van der Waals surface area contributed by atoms with Gasteiger partial charge in [-0.3, -0.25) is 14.2 Å². The fourth-order valence-corrected chi connectivity index (χ4v) is 4.40. The molecule has 1 aromatic heterocycles. The summed E-state index contributed by atoms with van der Waals surface area (Å²) in [6.45, 7) is 9.09. The fourth-order valence-electron chi connectivity index (χ4n) is 4.40. The van der Waals surface area contributed by atoms with Crippen LogP contribution in [0.15, 0.2) is 53.3 Å². The molecular weight excluding hydrogens is 438 g/mol. The summed E-state index contributed by atoms with van der Waals surface area (Å²) < 4.78 is 7.22. The first kappa shape index (κ1) is 26.5. The van der Waals surface area contributed by atoms with Crippen LogP contribution in [0.3, 0.4) is 0 Å². The lowest BCUT2D eigenvalue weighted by molar-refractivity contribution is -0.133. The van der Waals surface area contributed by atoms with Gasteiger partial charge in [-0.15, -0.1) is 0 Å². The van der Waals surface area contributed by atoms with Crippen LogP contribution in [0.4, 0.5) is 0 Å². The zero-order chi connectivity index (χ0) is 25.4. The molecule has 188 valence electrons. The minimum atomic E-state index is -0.380. The molecule has 6 heteroatoms. The van der Waals surface area contributed by atoms with E-state index < -0.39 is 0 Å². The number of carbonyl (C=O) groups excluding carboxylic acids is 1. The highest BCUT2D eigenvalue weighted by Crippen LogP contribution is 2.28. The molecule has 1 atom stereocenters. The van der Waals surface area contributed by atoms with Crippen LogP contribution < -0.4 is 10.3 Å². The van der Waals surface area contributed by atoms with Crippen LogP contribution in [0.2, 0.25) is 0 Å². The quantitative estimate of drug-likeness (QED) is 0.287. The maximum atomic E-state index is 13.8. The Labute approximate surface area is 208 Å². The maximum absolute atomic E-state index is 13.8. The predicted octanol–water partition coefficient (Wildman–Crippen LogP) is 6.30. The monoisotopic (exact) mass is 477 g/mol. The van der Waals surface area contributed by atoms with E-state index in [2.05, 4.69) is 20.8 Å². The molecule has 0 aliphatic rings. The van der Waals surface area contributed by atoms with Gasteiger partial charge in [-0.2, -0.15) is 0 Å². The van der Waals surface area contributed by atoms with Crippen LogP contribution in [0.5, 0.6) is 5.75 Å². The van der Waals surface area contributed by atoms with Gasteiger partial charge in [0.25, 0.3) is 5.56 Å². The number of unbranched alkanes of at least 4 members (excludes halogenated alkanes) is 3. The summed E-state index contributed by atoms with van der Waals surface area (Å²) in [6.07, 6.45) is 5.59. The lowest BCUT2D eigenvalue weighted by atomic mass is 10.1. The smallest absolute Gasteiger partial charge is 0.266 e. The van der Waals surface area contributed by atoms with E-state index in [9.17, 15) is 9.59 Å². The Kier molecular flexibility index (Phi) is 9.47. The Balaban J connectivity index is 2.13. The van der Waals surface area contributed by atoms with Gasteiger partial charge in [0.2, 0.25) is 5.91 Å². The fraction of sp³-hybridized carbons (Fsp3) is 0.483. The summed E-state index contributed by atoms with van der Waals surface area (Å²) in [6, 6.07) is 14.4. The largest absolute Gasteiger partial charge is 0.495 e. The molecule has 0 aliphatic heterocycles. The Hall–Kier alpha value is -3.15. The lowest BCUT2D eigenvalue weighted by Gasteiger charge is -2.31. The number of benzene rings is 2. The number of rotatable bonds is 12. The van der Waals surface area contributed by atoms with Crippen molar-refractivity contribution in [3.05, 3.63) is 64.7 Å². The maximum Gasteiger partial charge on any atom is 0.266 e. The second kappa shape index (κ2) is 12.5. The third-order valence-corrected chi connectivity index (χ3v) is 6.48. The van der Waals surface area contributed by atoms with Crippen molar-refractivity contribution in [1.82, 2.24) is 14.5 Å². The van der Waals surface area contributed by atoms with E-state index in [1.54, 1.807) is 17.7 Å². The second-order valence-corrected chi connectivity index (χ2v) is 9.56. The molecule has 0 saturated carbocycles. The molecule has 35 heavy (non-hydrogen) atoms. The second-order valence-electron chi connectivity index (χ2n) is 9.56. The standard InChI is InChI=1S/C29H39N3O3/c1-6-7-8-9-18-27(33)31(20-19-21(2)3)22(4)28-30-24-15-11-10-14-23(24)29(34)32(28)25-16-12-13-17-26(25)35-5/h10-17,21-22H,6-9,18-20H2,1-5H3. The van der Waals surface area contributed by atoms with Gasteiger partial charge in [-0.1, -0.05) is 64.3 Å². The SMILES string of the molecule is CCCCCCC(=O)N(CCC(C)C)C(C)c1nc2ccccc2c(=O)n1-c1ccccc1OC. The van der Waals surface area contributed by atoms with Gasteiger partial charge in [0.1, 0.15) is 11.6 Å². The van der Waals surface area contributed by atoms with Crippen LogP contribution in [0.1, 0.15) is 78.1 Å². The zero-order valence-corrected chi connectivity index (χ0v) is 21.8. The molecule has 6 nitrogen and oxygen atoms in total. The number of carbonyl (C=O) groups is 1. The molecule has 0 aliphatic carbocycles. The number of para-hydroxylation sites is 3. The third-order valence-electron chi connectivity index (χ3n) is 6.48. The van der Waals surface area contributed by atoms with Crippen LogP contribution >= 0.6 is 0 Å². The van der Waals surface area contributed by atoms with Crippen molar-refractivity contribution < 1.29 is 9.53 Å². The third kappa shape index (κ3) is 6.30. The average Bonchev–Trinajstić information content (AvgIpc) is 2.86. The van der Waals surface area contributed by atoms with Crippen molar-refractivity contribution in [3.63, 3.8) is 0 Å². The van der Waals surface area contributed by atoms with Gasteiger partial charge in [-0.25, -0.2) is 4.98 Å². The van der Waals surface area contributed by atoms with E-state index in [1.165, 1.54) is 0 Å². The van der Waals surface area contributed by atoms with Gasteiger partial charge in [-0.05, 0) is 49.9 Å². The number of fused-ring (bicyclic) bond motifs is 1. The van der Waals surface area contributed by atoms with E-state index >= 15 is 0 Å². The average molecular weight is 478 g/mol. The van der Waals surface area contributed by atoms with Crippen molar-refractivity contribution in [2.45, 2.75) is 72.3 Å². The molecule has 1 amide bonds. The Morgan fingerprint density at radius 1 is 1.03 bits per heavy atom. The summed E-state index contributed by atoms with van der Waals surface area (Å²) in [4.78, 5) is 34.1. The highest BCUT2D eigenvalue weighted by Gasteiger charge is 2.27. The van der Waals surface area contributed by atoms with Crippen molar-refractivity contribution in [3.8, 4) is 11.4 Å². The van der Waals surface area contributed by atoms with Crippen LogP contribution in [0.25, 0.3) is 16.6 Å². The molecule has 0 radical (unpaired) electrons. The molecule has 3 aromatic rings. The molecule has 0 N–H and O–H groups in total. The minimum Gasteiger partial charge on any atom is -0.495 e. The van der Waals surface area contributed by atoms with E-state index in [4.69, 9.17) is 9.72 Å². The minimum absolute atomic E-state index is 0.114. The number of hydrogen-bond acceptors (Lipinski definition) is 4. The molecule has 0 bridgehead atoms. The number of amides is 1. The molecule has 1 heterocycles. The summed E-state index contributed by atoms with van der Waals surface area (Å²) in [5.41, 5.74) is 1.09.